The molecule has 9 nitrogen and oxygen atoms in total. The number of anilines is 1. The number of ether oxygens (including phenoxy) is 2. The van der Waals surface area contributed by atoms with Crippen molar-refractivity contribution in [1.29, 1.82) is 0 Å². The van der Waals surface area contributed by atoms with Gasteiger partial charge in [0, 0.05) is 38.3 Å². The SMILES string of the molecule is CC(=NOc1ncnc(OC2CCN(c3ncccn3)CC2)c1C)c1ccc(OC(F)(F)F)cc1. The molecule has 4 rings (SSSR count). The highest BCUT2D eigenvalue weighted by atomic mass is 19.4. The minimum atomic E-state index is -4.74. The van der Waals surface area contributed by atoms with E-state index in [0.717, 1.165) is 25.9 Å². The fraction of sp³-hybridized carbons (Fsp3) is 0.348. The third-order valence-corrected chi connectivity index (χ3v) is 5.32. The van der Waals surface area contributed by atoms with Crippen LogP contribution in [0.4, 0.5) is 19.1 Å². The Morgan fingerprint density at radius 1 is 1.00 bits per heavy atom. The highest BCUT2D eigenvalue weighted by Crippen LogP contribution is 2.27. The Bertz CT molecular complexity index is 1150. The fourth-order valence-corrected chi connectivity index (χ4v) is 3.48. The third kappa shape index (κ3) is 6.55. The highest BCUT2D eigenvalue weighted by Gasteiger charge is 2.31. The van der Waals surface area contributed by atoms with E-state index in [1.807, 2.05) is 0 Å². The average Bonchev–Trinajstić information content (AvgIpc) is 2.85. The molecular formula is C23H23F3N6O3. The first-order chi connectivity index (χ1) is 16.8. The number of oxime groups is 1. The normalized spacial score (nSPS) is 15.1. The lowest BCUT2D eigenvalue weighted by atomic mass is 10.1. The molecule has 1 saturated heterocycles. The molecule has 0 saturated carbocycles. The summed E-state index contributed by atoms with van der Waals surface area (Å²) in [7, 11) is 0. The summed E-state index contributed by atoms with van der Waals surface area (Å²) in [4.78, 5) is 24.5. The van der Waals surface area contributed by atoms with Crippen LogP contribution in [-0.4, -0.2) is 51.2 Å². The molecule has 0 spiro atoms. The summed E-state index contributed by atoms with van der Waals surface area (Å²) in [6.07, 6.45) is 1.56. The lowest BCUT2D eigenvalue weighted by Crippen LogP contribution is -2.39. The zero-order valence-electron chi connectivity index (χ0n) is 19.1. The average molecular weight is 488 g/mol. The Kier molecular flexibility index (Phi) is 7.28. The Balaban J connectivity index is 1.35. The maximum Gasteiger partial charge on any atom is 0.573 e. The number of benzene rings is 1. The minimum absolute atomic E-state index is 0.0286. The van der Waals surface area contributed by atoms with Crippen molar-refractivity contribution in [3.05, 3.63) is 60.2 Å². The maximum atomic E-state index is 12.3. The summed E-state index contributed by atoms with van der Waals surface area (Å²) in [5.74, 6) is 1.02. The molecular weight excluding hydrogens is 465 g/mol. The molecule has 3 heterocycles. The number of halogens is 3. The lowest BCUT2D eigenvalue weighted by molar-refractivity contribution is -0.274. The number of rotatable bonds is 7. The van der Waals surface area contributed by atoms with Crippen LogP contribution in [0.2, 0.25) is 0 Å². The second-order valence-corrected chi connectivity index (χ2v) is 7.80. The molecule has 184 valence electrons. The van der Waals surface area contributed by atoms with Crippen LogP contribution in [0.25, 0.3) is 0 Å². The van der Waals surface area contributed by atoms with Gasteiger partial charge in [0.2, 0.25) is 11.8 Å². The first-order valence-electron chi connectivity index (χ1n) is 10.9. The summed E-state index contributed by atoms with van der Waals surface area (Å²) >= 11 is 0. The quantitative estimate of drug-likeness (QED) is 0.358. The van der Waals surface area contributed by atoms with Gasteiger partial charge in [-0.2, -0.15) is 4.98 Å². The molecule has 0 amide bonds. The number of piperidine rings is 1. The Hall–Kier alpha value is -3.96. The van der Waals surface area contributed by atoms with Gasteiger partial charge in [0.1, 0.15) is 18.2 Å². The van der Waals surface area contributed by atoms with E-state index in [1.54, 1.807) is 32.3 Å². The lowest BCUT2D eigenvalue weighted by Gasteiger charge is -2.32. The molecule has 1 aromatic carbocycles. The van der Waals surface area contributed by atoms with Crippen LogP contribution in [0, 0.1) is 6.92 Å². The number of nitrogens with zero attached hydrogens (tertiary/aromatic N) is 6. The van der Waals surface area contributed by atoms with E-state index in [-0.39, 0.29) is 17.7 Å². The van der Waals surface area contributed by atoms with Gasteiger partial charge in [-0.3, -0.25) is 0 Å². The summed E-state index contributed by atoms with van der Waals surface area (Å²) in [6.45, 7) is 4.96. The van der Waals surface area contributed by atoms with Crippen LogP contribution >= 0.6 is 0 Å². The molecule has 0 atom stereocenters. The third-order valence-electron chi connectivity index (χ3n) is 5.32. The molecule has 12 heteroatoms. The zero-order chi connectivity index (χ0) is 24.8. The second kappa shape index (κ2) is 10.5. The number of hydrogen-bond donors (Lipinski definition) is 0. The van der Waals surface area contributed by atoms with E-state index < -0.39 is 6.36 Å². The summed E-state index contributed by atoms with van der Waals surface area (Å²) in [5, 5.41) is 4.05. The van der Waals surface area contributed by atoms with Crippen molar-refractivity contribution >= 4 is 11.7 Å². The van der Waals surface area contributed by atoms with E-state index >= 15 is 0 Å². The summed E-state index contributed by atoms with van der Waals surface area (Å²) in [5.41, 5.74) is 1.60. The zero-order valence-corrected chi connectivity index (χ0v) is 19.1. The van der Waals surface area contributed by atoms with Crippen LogP contribution in [0.1, 0.15) is 30.9 Å². The molecule has 1 aliphatic heterocycles. The molecule has 2 aromatic heterocycles. The number of hydrogen-bond acceptors (Lipinski definition) is 9. The second-order valence-electron chi connectivity index (χ2n) is 7.80. The van der Waals surface area contributed by atoms with E-state index in [1.165, 1.54) is 30.6 Å². The fourth-order valence-electron chi connectivity index (χ4n) is 3.48. The van der Waals surface area contributed by atoms with Crippen molar-refractivity contribution in [2.24, 2.45) is 5.16 Å². The largest absolute Gasteiger partial charge is 0.573 e. The van der Waals surface area contributed by atoms with Crippen LogP contribution in [-0.2, 0) is 0 Å². The monoisotopic (exact) mass is 488 g/mol. The minimum Gasteiger partial charge on any atom is -0.474 e. The predicted octanol–water partition coefficient (Wildman–Crippen LogP) is 4.32. The van der Waals surface area contributed by atoms with Crippen molar-refractivity contribution in [1.82, 2.24) is 19.9 Å². The predicted molar refractivity (Wildman–Crippen MR) is 121 cm³/mol. The molecule has 35 heavy (non-hydrogen) atoms. The molecule has 0 N–H and O–H groups in total. The maximum absolute atomic E-state index is 12.3. The Morgan fingerprint density at radius 2 is 1.66 bits per heavy atom. The topological polar surface area (TPSA) is 94.9 Å². The molecule has 0 aliphatic carbocycles. The number of aromatic nitrogens is 4. The van der Waals surface area contributed by atoms with Crippen molar-refractivity contribution < 1.29 is 27.5 Å². The van der Waals surface area contributed by atoms with Crippen molar-refractivity contribution in [2.45, 2.75) is 39.2 Å². The first kappa shape index (κ1) is 24.2. The molecule has 1 fully saturated rings. The molecule has 0 radical (unpaired) electrons. The Morgan fingerprint density at radius 3 is 2.31 bits per heavy atom. The van der Waals surface area contributed by atoms with Gasteiger partial charge >= 0.3 is 6.36 Å². The molecule has 0 bridgehead atoms. The van der Waals surface area contributed by atoms with E-state index in [4.69, 9.17) is 9.57 Å². The Labute approximate surface area is 199 Å². The van der Waals surface area contributed by atoms with Crippen LogP contribution in [0.15, 0.2) is 54.2 Å². The van der Waals surface area contributed by atoms with Crippen LogP contribution < -0.4 is 19.2 Å². The van der Waals surface area contributed by atoms with Crippen molar-refractivity contribution in [2.75, 3.05) is 18.0 Å². The standard InChI is InChI=1S/C23H23F3N6O3/c1-15-20(33-18-8-12-32(13-9-18)22-27-10-3-11-28-22)29-14-30-21(15)35-31-16(2)17-4-6-19(7-5-17)34-23(24,25)26/h3-7,10-11,14,18H,8-9,12-13H2,1-2H3. The van der Waals surface area contributed by atoms with E-state index in [9.17, 15) is 13.2 Å². The van der Waals surface area contributed by atoms with E-state index in [0.29, 0.717) is 28.7 Å². The van der Waals surface area contributed by atoms with Gasteiger partial charge in [-0.25, -0.2) is 15.0 Å². The van der Waals surface area contributed by atoms with Gasteiger partial charge in [0.15, 0.2) is 0 Å². The van der Waals surface area contributed by atoms with Gasteiger partial charge in [-0.1, -0.05) is 5.16 Å². The number of alkyl halides is 3. The smallest absolute Gasteiger partial charge is 0.474 e. The summed E-state index contributed by atoms with van der Waals surface area (Å²) in [6, 6.07) is 7.11. The van der Waals surface area contributed by atoms with Crippen molar-refractivity contribution in [3.63, 3.8) is 0 Å². The van der Waals surface area contributed by atoms with Crippen molar-refractivity contribution in [3.8, 4) is 17.5 Å². The molecule has 1 aliphatic rings. The van der Waals surface area contributed by atoms with Crippen LogP contribution in [0.5, 0.6) is 17.5 Å². The molecule has 0 unspecified atom stereocenters. The van der Waals surface area contributed by atoms with Gasteiger partial charge < -0.3 is 19.2 Å². The summed E-state index contributed by atoms with van der Waals surface area (Å²) < 4.78 is 46.9. The molecule has 3 aromatic rings. The first-order valence-corrected chi connectivity index (χ1v) is 10.9. The van der Waals surface area contributed by atoms with Crippen LogP contribution in [0.3, 0.4) is 0 Å². The van der Waals surface area contributed by atoms with Gasteiger partial charge in [-0.05, 0) is 49.7 Å². The van der Waals surface area contributed by atoms with Gasteiger partial charge in [0.05, 0.1) is 11.3 Å². The van der Waals surface area contributed by atoms with Gasteiger partial charge in [-0.15, -0.1) is 13.2 Å². The highest BCUT2D eigenvalue weighted by molar-refractivity contribution is 5.98. The van der Waals surface area contributed by atoms with Gasteiger partial charge in [0.25, 0.3) is 5.88 Å². The van der Waals surface area contributed by atoms with E-state index in [2.05, 4.69) is 34.7 Å².